The minimum absolute atomic E-state index is 0.221. The second kappa shape index (κ2) is 9.11. The van der Waals surface area contributed by atoms with Crippen molar-refractivity contribution in [2.24, 2.45) is 0 Å². The number of aryl methyl sites for hydroxylation is 4. The van der Waals surface area contributed by atoms with Crippen molar-refractivity contribution in [1.82, 2.24) is 14.5 Å². The first-order valence-electron chi connectivity index (χ1n) is 11.0. The van der Waals surface area contributed by atoms with Crippen LogP contribution < -0.4 is 9.64 Å². The van der Waals surface area contributed by atoms with Crippen molar-refractivity contribution in [1.29, 1.82) is 0 Å². The van der Waals surface area contributed by atoms with Crippen molar-refractivity contribution in [3.05, 3.63) is 64.7 Å². The number of benzene rings is 2. The molecule has 0 saturated carbocycles. The topological polar surface area (TPSA) is 75.6 Å². The third-order valence-electron chi connectivity index (χ3n) is 6.27. The molecule has 1 fully saturated rings. The maximum absolute atomic E-state index is 13.3. The van der Waals surface area contributed by atoms with E-state index >= 15 is 0 Å². The molecule has 0 radical (unpaired) electrons. The van der Waals surface area contributed by atoms with Crippen molar-refractivity contribution in [2.45, 2.75) is 32.6 Å². The highest BCUT2D eigenvalue weighted by Gasteiger charge is 2.31. The fourth-order valence-electron chi connectivity index (χ4n) is 4.16. The molecule has 174 valence electrons. The first-order chi connectivity index (χ1) is 15.7. The fraction of sp³-hybridized carbons (Fsp3) is 0.360. The summed E-state index contributed by atoms with van der Waals surface area (Å²) in [5, 5.41) is 8.85. The molecule has 1 saturated heterocycles. The number of rotatable bonds is 5. The summed E-state index contributed by atoms with van der Waals surface area (Å²) in [6, 6.07) is 13.7. The van der Waals surface area contributed by atoms with Gasteiger partial charge in [0.2, 0.25) is 10.0 Å². The van der Waals surface area contributed by atoms with Crippen molar-refractivity contribution >= 4 is 15.8 Å². The number of sulfonamides is 1. The second-order valence-corrected chi connectivity index (χ2v) is 10.5. The summed E-state index contributed by atoms with van der Waals surface area (Å²) in [7, 11) is -2.15. The molecule has 8 heteroatoms. The maximum atomic E-state index is 13.3. The Labute approximate surface area is 196 Å². The standard InChI is InChI=1S/C25H30N4O3S/c1-17-6-7-21(20(4)14-17)22-8-9-25(27-26-22)28-10-12-29(13-11-28)33(30,31)24-16-19(3)18(2)15-23(24)32-5/h6-9,14-16H,10-13H2,1-5H3. The quantitative estimate of drug-likeness (QED) is 0.568. The van der Waals surface area contributed by atoms with Crippen molar-refractivity contribution in [3.63, 3.8) is 0 Å². The normalized spacial score (nSPS) is 15.0. The minimum Gasteiger partial charge on any atom is -0.495 e. The molecule has 1 aliphatic heterocycles. The van der Waals surface area contributed by atoms with E-state index in [1.54, 1.807) is 12.1 Å². The average molecular weight is 467 g/mol. The molecule has 0 unspecified atom stereocenters. The second-order valence-electron chi connectivity index (χ2n) is 8.57. The summed E-state index contributed by atoms with van der Waals surface area (Å²) < 4.78 is 33.6. The van der Waals surface area contributed by atoms with Crippen LogP contribution in [0.3, 0.4) is 0 Å². The van der Waals surface area contributed by atoms with Crippen LogP contribution in [0.4, 0.5) is 5.82 Å². The van der Waals surface area contributed by atoms with Crippen molar-refractivity contribution in [3.8, 4) is 17.0 Å². The molecule has 0 bridgehead atoms. The number of methoxy groups -OCH3 is 1. The lowest BCUT2D eigenvalue weighted by Crippen LogP contribution is -2.49. The third kappa shape index (κ3) is 4.58. The number of ether oxygens (including phenoxy) is 1. The molecular formula is C25H30N4O3S. The molecule has 0 atom stereocenters. The van der Waals surface area contributed by atoms with E-state index in [0.29, 0.717) is 31.9 Å². The smallest absolute Gasteiger partial charge is 0.246 e. The van der Waals surface area contributed by atoms with Crippen LogP contribution in [0.25, 0.3) is 11.3 Å². The van der Waals surface area contributed by atoms with Gasteiger partial charge in [0.1, 0.15) is 10.6 Å². The lowest BCUT2D eigenvalue weighted by Gasteiger charge is -2.34. The molecule has 1 aliphatic rings. The van der Waals surface area contributed by atoms with Gasteiger partial charge in [-0.2, -0.15) is 4.31 Å². The zero-order valence-corrected chi connectivity index (χ0v) is 20.6. The van der Waals surface area contributed by atoms with Gasteiger partial charge in [-0.15, -0.1) is 10.2 Å². The molecule has 0 aliphatic carbocycles. The Morgan fingerprint density at radius 2 is 1.52 bits per heavy atom. The largest absolute Gasteiger partial charge is 0.495 e. The molecule has 2 heterocycles. The van der Waals surface area contributed by atoms with Crippen molar-refractivity contribution < 1.29 is 13.2 Å². The zero-order chi connectivity index (χ0) is 23.8. The van der Waals surface area contributed by atoms with Crippen LogP contribution in [0, 0.1) is 27.7 Å². The minimum atomic E-state index is -3.66. The summed E-state index contributed by atoms with van der Waals surface area (Å²) in [6.45, 7) is 9.83. The Bertz CT molecular complexity index is 1270. The molecule has 2 aromatic carbocycles. The zero-order valence-electron chi connectivity index (χ0n) is 19.8. The number of piperazine rings is 1. The number of hydrogen-bond donors (Lipinski definition) is 0. The molecule has 0 spiro atoms. The van der Waals surface area contributed by atoms with Gasteiger partial charge in [-0.1, -0.05) is 23.8 Å². The fourth-order valence-corrected chi connectivity index (χ4v) is 5.80. The Hall–Kier alpha value is -2.97. The lowest BCUT2D eigenvalue weighted by molar-refractivity contribution is 0.373. The lowest BCUT2D eigenvalue weighted by atomic mass is 10.0. The van der Waals surface area contributed by atoms with Gasteiger partial charge in [-0.25, -0.2) is 8.42 Å². The van der Waals surface area contributed by atoms with Gasteiger partial charge in [0.05, 0.1) is 12.8 Å². The van der Waals surface area contributed by atoms with Crippen LogP contribution in [0.1, 0.15) is 22.3 Å². The maximum Gasteiger partial charge on any atom is 0.246 e. The SMILES string of the molecule is COc1cc(C)c(C)cc1S(=O)(=O)N1CCN(c2ccc(-c3ccc(C)cc3C)nn2)CC1. The van der Waals surface area contributed by atoms with E-state index in [4.69, 9.17) is 4.74 Å². The van der Waals surface area contributed by atoms with Gasteiger partial charge < -0.3 is 9.64 Å². The van der Waals surface area contributed by atoms with Gasteiger partial charge in [0.25, 0.3) is 0 Å². The number of nitrogens with zero attached hydrogens (tertiary/aromatic N) is 4. The van der Waals surface area contributed by atoms with Gasteiger partial charge in [-0.05, 0) is 68.7 Å². The molecule has 4 rings (SSSR count). The Morgan fingerprint density at radius 1 is 0.818 bits per heavy atom. The van der Waals surface area contributed by atoms with Gasteiger partial charge in [0.15, 0.2) is 5.82 Å². The van der Waals surface area contributed by atoms with Gasteiger partial charge >= 0.3 is 0 Å². The summed E-state index contributed by atoms with van der Waals surface area (Å²) >= 11 is 0. The van der Waals surface area contributed by atoms with Crippen LogP contribution in [-0.4, -0.2) is 56.2 Å². The van der Waals surface area contributed by atoms with Gasteiger partial charge in [0, 0.05) is 31.7 Å². The van der Waals surface area contributed by atoms with E-state index in [1.165, 1.54) is 17.0 Å². The van der Waals surface area contributed by atoms with Crippen LogP contribution in [0.2, 0.25) is 0 Å². The highest BCUT2D eigenvalue weighted by molar-refractivity contribution is 7.89. The van der Waals surface area contributed by atoms with Crippen LogP contribution in [-0.2, 0) is 10.0 Å². The Kier molecular flexibility index (Phi) is 6.41. The van der Waals surface area contributed by atoms with Gasteiger partial charge in [-0.3, -0.25) is 0 Å². The molecule has 1 aromatic heterocycles. The van der Waals surface area contributed by atoms with E-state index in [2.05, 4.69) is 47.1 Å². The number of aromatic nitrogens is 2. The number of anilines is 1. The first kappa shape index (κ1) is 23.2. The Morgan fingerprint density at radius 3 is 2.12 bits per heavy atom. The number of hydrogen-bond acceptors (Lipinski definition) is 6. The predicted molar refractivity (Wildman–Crippen MR) is 130 cm³/mol. The van der Waals surface area contributed by atoms with Crippen molar-refractivity contribution in [2.75, 3.05) is 38.2 Å². The van der Waals surface area contributed by atoms with E-state index in [-0.39, 0.29) is 4.90 Å². The van der Waals surface area contributed by atoms with Crippen LogP contribution in [0.15, 0.2) is 47.4 Å². The predicted octanol–water partition coefficient (Wildman–Crippen LogP) is 3.90. The molecule has 0 amide bonds. The molecular weight excluding hydrogens is 436 g/mol. The van der Waals surface area contributed by atoms with Crippen LogP contribution in [0.5, 0.6) is 5.75 Å². The average Bonchev–Trinajstić information content (AvgIpc) is 2.81. The summed E-state index contributed by atoms with van der Waals surface area (Å²) in [6.07, 6.45) is 0. The molecule has 33 heavy (non-hydrogen) atoms. The first-order valence-corrected chi connectivity index (χ1v) is 12.5. The highest BCUT2D eigenvalue weighted by atomic mass is 32.2. The highest BCUT2D eigenvalue weighted by Crippen LogP contribution is 2.31. The van der Waals surface area contributed by atoms with E-state index in [1.807, 2.05) is 26.0 Å². The van der Waals surface area contributed by atoms with Crippen LogP contribution >= 0.6 is 0 Å². The molecule has 7 nitrogen and oxygen atoms in total. The molecule has 0 N–H and O–H groups in total. The Balaban J connectivity index is 1.48. The monoisotopic (exact) mass is 466 g/mol. The summed E-state index contributed by atoms with van der Waals surface area (Å²) in [5.41, 5.74) is 6.20. The van der Waals surface area contributed by atoms with E-state index in [9.17, 15) is 8.42 Å². The summed E-state index contributed by atoms with van der Waals surface area (Å²) in [5.74, 6) is 1.14. The van der Waals surface area contributed by atoms with E-state index in [0.717, 1.165) is 33.8 Å². The molecule has 3 aromatic rings. The summed E-state index contributed by atoms with van der Waals surface area (Å²) in [4.78, 5) is 2.29. The third-order valence-corrected chi connectivity index (χ3v) is 8.19. The van der Waals surface area contributed by atoms with E-state index < -0.39 is 10.0 Å².